The number of nitrogens with one attached hydrogen (secondary N) is 1. The first-order valence-corrected chi connectivity index (χ1v) is 5.72. The molecule has 0 amide bonds. The van der Waals surface area contributed by atoms with Crippen LogP contribution in [0.4, 0.5) is 0 Å². The third-order valence-electron chi connectivity index (χ3n) is 2.70. The third-order valence-corrected chi connectivity index (χ3v) is 3.08. The molecule has 2 unspecified atom stereocenters. The number of carbonyl (C=O) groups is 1. The van der Waals surface area contributed by atoms with Gasteiger partial charge in [-0.1, -0.05) is 6.08 Å². The van der Waals surface area contributed by atoms with Gasteiger partial charge in [-0.3, -0.25) is 4.98 Å². The van der Waals surface area contributed by atoms with Crippen molar-refractivity contribution in [2.24, 2.45) is 0 Å². The number of pyridine rings is 1. The van der Waals surface area contributed by atoms with Crippen molar-refractivity contribution >= 4 is 17.6 Å². The van der Waals surface area contributed by atoms with Crippen LogP contribution in [0.25, 0.3) is 0 Å². The Kier molecular flexibility index (Phi) is 3.76. The van der Waals surface area contributed by atoms with Crippen LogP contribution in [-0.4, -0.2) is 30.0 Å². The van der Waals surface area contributed by atoms with Gasteiger partial charge in [-0.15, -0.1) is 11.6 Å². The summed E-state index contributed by atoms with van der Waals surface area (Å²) in [6.07, 6.45) is 5.19. The Bertz CT molecular complexity index is 433. The molecule has 17 heavy (non-hydrogen) atoms. The molecule has 1 aliphatic rings. The van der Waals surface area contributed by atoms with Gasteiger partial charge in [0, 0.05) is 24.5 Å². The number of alkyl halides is 1. The Labute approximate surface area is 105 Å². The maximum Gasteiger partial charge on any atom is 0.334 e. The molecule has 2 rings (SSSR count). The molecular weight excluding hydrogens is 240 g/mol. The maximum atomic E-state index is 11.4. The van der Waals surface area contributed by atoms with Crippen LogP contribution in [0.1, 0.15) is 11.6 Å². The molecule has 2 heterocycles. The maximum absolute atomic E-state index is 11.4. The van der Waals surface area contributed by atoms with E-state index in [-0.39, 0.29) is 17.4 Å². The molecule has 0 radical (unpaired) electrons. The van der Waals surface area contributed by atoms with Gasteiger partial charge in [-0.05, 0) is 17.7 Å². The molecule has 1 N–H and O–H groups in total. The second-order valence-corrected chi connectivity index (χ2v) is 4.27. The van der Waals surface area contributed by atoms with Gasteiger partial charge in [0.05, 0.1) is 18.5 Å². The molecule has 0 fully saturated rings. The highest BCUT2D eigenvalue weighted by Crippen LogP contribution is 2.26. The zero-order chi connectivity index (χ0) is 12.3. The number of aromatic nitrogens is 1. The molecule has 0 saturated carbocycles. The SMILES string of the molecule is COC(=O)C1=CC(Cl)C(c2ccncc2)NC1. The molecule has 4 nitrogen and oxygen atoms in total. The first kappa shape index (κ1) is 12.1. The molecule has 1 aromatic rings. The molecule has 0 bridgehead atoms. The molecule has 0 aromatic carbocycles. The van der Waals surface area contributed by atoms with E-state index in [0.29, 0.717) is 12.1 Å². The number of hydrogen-bond acceptors (Lipinski definition) is 4. The summed E-state index contributed by atoms with van der Waals surface area (Å²) in [5, 5.41) is 2.94. The minimum atomic E-state index is -0.337. The van der Waals surface area contributed by atoms with E-state index in [9.17, 15) is 4.79 Å². The Morgan fingerprint density at radius 3 is 2.82 bits per heavy atom. The van der Waals surface area contributed by atoms with Crippen LogP contribution in [0.5, 0.6) is 0 Å². The van der Waals surface area contributed by atoms with Gasteiger partial charge < -0.3 is 10.1 Å². The molecule has 5 heteroatoms. The number of esters is 1. The van der Waals surface area contributed by atoms with Crippen LogP contribution in [0.15, 0.2) is 36.2 Å². The van der Waals surface area contributed by atoms with Crippen LogP contribution < -0.4 is 5.32 Å². The summed E-state index contributed by atoms with van der Waals surface area (Å²) in [4.78, 5) is 15.3. The quantitative estimate of drug-likeness (QED) is 0.639. The minimum absolute atomic E-state index is 0.00641. The predicted molar refractivity (Wildman–Crippen MR) is 64.7 cm³/mol. The summed E-state index contributed by atoms with van der Waals surface area (Å²) >= 11 is 6.25. The van der Waals surface area contributed by atoms with E-state index in [2.05, 4.69) is 15.0 Å². The van der Waals surface area contributed by atoms with Gasteiger partial charge in [0.1, 0.15) is 0 Å². The van der Waals surface area contributed by atoms with Crippen molar-refractivity contribution in [3.8, 4) is 0 Å². The minimum Gasteiger partial charge on any atom is -0.466 e. The summed E-state index contributed by atoms with van der Waals surface area (Å²) in [5.41, 5.74) is 1.62. The number of methoxy groups -OCH3 is 1. The van der Waals surface area contributed by atoms with Gasteiger partial charge in [0.15, 0.2) is 0 Å². The first-order valence-electron chi connectivity index (χ1n) is 5.28. The van der Waals surface area contributed by atoms with Gasteiger partial charge in [0.2, 0.25) is 0 Å². The summed E-state index contributed by atoms with van der Waals surface area (Å²) in [6.45, 7) is 0.461. The number of halogens is 1. The highest BCUT2D eigenvalue weighted by molar-refractivity contribution is 6.22. The standard InChI is InChI=1S/C12H13ClN2O2/c1-17-12(16)9-6-10(13)11(15-7-9)8-2-4-14-5-3-8/h2-6,10-11,15H,7H2,1H3. The number of carbonyl (C=O) groups excluding carboxylic acids is 1. The van der Waals surface area contributed by atoms with Gasteiger partial charge >= 0.3 is 5.97 Å². The molecule has 1 aliphatic heterocycles. The van der Waals surface area contributed by atoms with E-state index < -0.39 is 0 Å². The van der Waals surface area contributed by atoms with Gasteiger partial charge in [-0.2, -0.15) is 0 Å². The third kappa shape index (κ3) is 2.65. The number of nitrogens with zero attached hydrogens (tertiary/aromatic N) is 1. The average molecular weight is 253 g/mol. The van der Waals surface area contributed by atoms with E-state index in [4.69, 9.17) is 11.6 Å². The average Bonchev–Trinajstić information content (AvgIpc) is 2.38. The van der Waals surface area contributed by atoms with E-state index in [1.165, 1.54) is 7.11 Å². The van der Waals surface area contributed by atoms with E-state index in [1.54, 1.807) is 18.5 Å². The normalized spacial score (nSPS) is 24.0. The fraction of sp³-hybridized carbons (Fsp3) is 0.333. The van der Waals surface area contributed by atoms with Crippen molar-refractivity contribution in [3.05, 3.63) is 41.7 Å². The molecule has 90 valence electrons. The highest BCUT2D eigenvalue weighted by Gasteiger charge is 2.26. The van der Waals surface area contributed by atoms with Gasteiger partial charge in [0.25, 0.3) is 0 Å². The van der Waals surface area contributed by atoms with Crippen molar-refractivity contribution < 1.29 is 9.53 Å². The van der Waals surface area contributed by atoms with Crippen molar-refractivity contribution in [1.29, 1.82) is 0 Å². The Morgan fingerprint density at radius 1 is 1.53 bits per heavy atom. The fourth-order valence-corrected chi connectivity index (χ4v) is 2.21. The molecule has 0 saturated heterocycles. The summed E-state index contributed by atoms with van der Waals surface area (Å²) in [7, 11) is 1.36. The van der Waals surface area contributed by atoms with Crippen LogP contribution in [-0.2, 0) is 9.53 Å². The lowest BCUT2D eigenvalue weighted by atomic mass is 9.99. The molecule has 1 aromatic heterocycles. The zero-order valence-electron chi connectivity index (χ0n) is 9.39. The molecular formula is C12H13ClN2O2. The van der Waals surface area contributed by atoms with E-state index >= 15 is 0 Å². The number of rotatable bonds is 2. The topological polar surface area (TPSA) is 51.2 Å². The molecule has 2 atom stereocenters. The van der Waals surface area contributed by atoms with Crippen LogP contribution in [0, 0.1) is 0 Å². The Balaban J connectivity index is 2.16. The highest BCUT2D eigenvalue weighted by atomic mass is 35.5. The summed E-state index contributed by atoms with van der Waals surface area (Å²) < 4.78 is 4.66. The van der Waals surface area contributed by atoms with Crippen molar-refractivity contribution in [1.82, 2.24) is 10.3 Å². The van der Waals surface area contributed by atoms with E-state index in [0.717, 1.165) is 5.56 Å². The van der Waals surface area contributed by atoms with Crippen LogP contribution in [0.2, 0.25) is 0 Å². The monoisotopic (exact) mass is 252 g/mol. The predicted octanol–water partition coefficient (Wildman–Crippen LogP) is 1.43. The molecule has 0 spiro atoms. The second-order valence-electron chi connectivity index (χ2n) is 3.77. The van der Waals surface area contributed by atoms with Crippen molar-refractivity contribution in [2.45, 2.75) is 11.4 Å². The van der Waals surface area contributed by atoms with E-state index in [1.807, 2.05) is 12.1 Å². The summed E-state index contributed by atoms with van der Waals surface area (Å²) in [5.74, 6) is -0.337. The van der Waals surface area contributed by atoms with Crippen LogP contribution in [0.3, 0.4) is 0 Å². The first-order chi connectivity index (χ1) is 8.22. The number of hydrogen-bond donors (Lipinski definition) is 1. The Hall–Kier alpha value is -1.39. The van der Waals surface area contributed by atoms with Crippen LogP contribution >= 0.6 is 11.6 Å². The largest absolute Gasteiger partial charge is 0.466 e. The fourth-order valence-electron chi connectivity index (χ4n) is 1.82. The lowest BCUT2D eigenvalue weighted by molar-refractivity contribution is -0.136. The summed E-state index contributed by atoms with van der Waals surface area (Å²) in [6, 6.07) is 3.81. The number of ether oxygens (including phenoxy) is 1. The van der Waals surface area contributed by atoms with Crippen molar-refractivity contribution in [2.75, 3.05) is 13.7 Å². The smallest absolute Gasteiger partial charge is 0.334 e. The lowest BCUT2D eigenvalue weighted by Crippen LogP contribution is -2.36. The zero-order valence-corrected chi connectivity index (χ0v) is 10.1. The van der Waals surface area contributed by atoms with Crippen molar-refractivity contribution in [3.63, 3.8) is 0 Å². The molecule has 0 aliphatic carbocycles. The van der Waals surface area contributed by atoms with Gasteiger partial charge in [-0.25, -0.2) is 4.79 Å². The second kappa shape index (κ2) is 5.29. The lowest BCUT2D eigenvalue weighted by Gasteiger charge is -2.27. The Morgan fingerprint density at radius 2 is 2.24 bits per heavy atom.